The Labute approximate surface area is 190 Å². The topological polar surface area (TPSA) is 118 Å². The average Bonchev–Trinajstić information content (AvgIpc) is 2.73. The van der Waals surface area contributed by atoms with Gasteiger partial charge in [-0.2, -0.15) is 13.2 Å². The number of halogens is 4. The molecule has 0 radical (unpaired) electrons. The lowest BCUT2D eigenvalue weighted by Gasteiger charge is -2.13. The van der Waals surface area contributed by atoms with Crippen LogP contribution >= 0.6 is 11.6 Å². The van der Waals surface area contributed by atoms with Crippen molar-refractivity contribution in [3.05, 3.63) is 93.0 Å². The van der Waals surface area contributed by atoms with E-state index in [0.717, 1.165) is 30.3 Å². The van der Waals surface area contributed by atoms with Crippen LogP contribution in [0.2, 0.25) is 5.02 Å². The van der Waals surface area contributed by atoms with E-state index < -0.39 is 37.5 Å². The number of nitro groups is 1. The minimum absolute atomic E-state index is 0.117. The van der Waals surface area contributed by atoms with Gasteiger partial charge in [-0.3, -0.25) is 19.6 Å². The lowest BCUT2D eigenvalue weighted by atomic mass is 10.2. The van der Waals surface area contributed by atoms with E-state index in [4.69, 9.17) is 11.6 Å². The Kier molecular flexibility index (Phi) is 6.60. The van der Waals surface area contributed by atoms with Crippen molar-refractivity contribution in [2.24, 2.45) is 0 Å². The summed E-state index contributed by atoms with van der Waals surface area (Å²) in [5, 5.41) is 13.1. The number of alkyl halides is 3. The van der Waals surface area contributed by atoms with Gasteiger partial charge in [-0.05, 0) is 42.5 Å². The van der Waals surface area contributed by atoms with E-state index in [1.807, 2.05) is 4.72 Å². The lowest BCUT2D eigenvalue weighted by Crippen LogP contribution is -2.17. The predicted octanol–water partition coefficient (Wildman–Crippen LogP) is 5.32. The molecule has 3 rings (SSSR count). The van der Waals surface area contributed by atoms with Crippen LogP contribution in [0.1, 0.15) is 15.9 Å². The zero-order chi connectivity index (χ0) is 24.4. The van der Waals surface area contributed by atoms with Crippen LogP contribution in [-0.4, -0.2) is 19.2 Å². The number of sulfonamides is 1. The summed E-state index contributed by atoms with van der Waals surface area (Å²) in [4.78, 5) is 22.4. The van der Waals surface area contributed by atoms with Crippen LogP contribution in [0.5, 0.6) is 0 Å². The first-order valence-electron chi connectivity index (χ1n) is 8.93. The van der Waals surface area contributed by atoms with Gasteiger partial charge in [-0.15, -0.1) is 0 Å². The van der Waals surface area contributed by atoms with E-state index in [9.17, 15) is 36.5 Å². The predicted molar refractivity (Wildman–Crippen MR) is 115 cm³/mol. The fourth-order valence-corrected chi connectivity index (χ4v) is 4.33. The minimum atomic E-state index is -4.68. The zero-order valence-electron chi connectivity index (χ0n) is 16.3. The number of carbonyl (C=O) groups excluding carboxylic acids is 1. The van der Waals surface area contributed by atoms with Gasteiger partial charge < -0.3 is 5.32 Å². The van der Waals surface area contributed by atoms with E-state index in [-0.39, 0.29) is 27.6 Å². The molecule has 33 heavy (non-hydrogen) atoms. The molecule has 0 saturated carbocycles. The summed E-state index contributed by atoms with van der Waals surface area (Å²) >= 11 is 5.96. The number of benzene rings is 3. The third-order valence-electron chi connectivity index (χ3n) is 4.27. The highest BCUT2D eigenvalue weighted by atomic mass is 35.5. The van der Waals surface area contributed by atoms with Crippen LogP contribution < -0.4 is 10.0 Å². The van der Waals surface area contributed by atoms with Crippen molar-refractivity contribution in [2.45, 2.75) is 11.1 Å². The standard InChI is InChI=1S/C20H13ClF3N3O5S/c21-15-9-8-12(19(28)25-16-6-1-2-7-17(16)27(29)30)10-18(15)33(31,32)26-14-5-3-4-13(11-14)20(22,23)24/h1-11,26H,(H,25,28). The summed E-state index contributed by atoms with van der Waals surface area (Å²) in [5.74, 6) is -0.864. The normalized spacial score (nSPS) is 11.6. The summed E-state index contributed by atoms with van der Waals surface area (Å²) in [6.07, 6.45) is -4.68. The molecule has 3 aromatic carbocycles. The van der Waals surface area contributed by atoms with Crippen LogP contribution in [0.4, 0.5) is 30.2 Å². The lowest BCUT2D eigenvalue weighted by molar-refractivity contribution is -0.383. The molecule has 3 aromatic rings. The highest BCUT2D eigenvalue weighted by Crippen LogP contribution is 2.32. The van der Waals surface area contributed by atoms with Gasteiger partial charge in [0.25, 0.3) is 21.6 Å². The van der Waals surface area contributed by atoms with Crippen molar-refractivity contribution in [1.29, 1.82) is 0 Å². The van der Waals surface area contributed by atoms with Gasteiger partial charge in [-0.25, -0.2) is 8.42 Å². The van der Waals surface area contributed by atoms with E-state index >= 15 is 0 Å². The molecule has 0 aliphatic carbocycles. The minimum Gasteiger partial charge on any atom is -0.316 e. The van der Waals surface area contributed by atoms with Crippen molar-refractivity contribution >= 4 is 44.6 Å². The summed E-state index contributed by atoms with van der Waals surface area (Å²) < 4.78 is 66.2. The van der Waals surface area contributed by atoms with Crippen molar-refractivity contribution in [3.8, 4) is 0 Å². The van der Waals surface area contributed by atoms with Crippen molar-refractivity contribution < 1.29 is 31.3 Å². The molecule has 0 aliphatic rings. The number of para-hydroxylation sites is 2. The molecule has 0 fully saturated rings. The third-order valence-corrected chi connectivity index (χ3v) is 6.14. The average molecular weight is 500 g/mol. The Morgan fingerprint density at radius 1 is 1.00 bits per heavy atom. The van der Waals surface area contributed by atoms with Gasteiger partial charge in [0.1, 0.15) is 10.6 Å². The first kappa shape index (κ1) is 24.0. The Morgan fingerprint density at radius 2 is 1.70 bits per heavy atom. The molecule has 1 amide bonds. The summed E-state index contributed by atoms with van der Waals surface area (Å²) in [6, 6.07) is 12.1. The molecule has 0 atom stereocenters. The fraction of sp³-hybridized carbons (Fsp3) is 0.0500. The van der Waals surface area contributed by atoms with E-state index in [1.54, 1.807) is 0 Å². The van der Waals surface area contributed by atoms with Crippen LogP contribution in [0, 0.1) is 10.1 Å². The van der Waals surface area contributed by atoms with E-state index in [1.165, 1.54) is 30.3 Å². The molecule has 0 saturated heterocycles. The number of nitrogens with zero attached hydrogens (tertiary/aromatic N) is 1. The second kappa shape index (κ2) is 9.08. The number of amides is 1. The molecule has 8 nitrogen and oxygen atoms in total. The number of hydrogen-bond acceptors (Lipinski definition) is 5. The van der Waals surface area contributed by atoms with Crippen LogP contribution in [0.25, 0.3) is 0 Å². The Hall–Kier alpha value is -3.64. The number of carbonyl (C=O) groups is 1. The van der Waals surface area contributed by atoms with E-state index in [2.05, 4.69) is 5.32 Å². The largest absolute Gasteiger partial charge is 0.416 e. The molecule has 0 unspecified atom stereocenters. The van der Waals surface area contributed by atoms with Crippen molar-refractivity contribution in [3.63, 3.8) is 0 Å². The molecule has 0 aromatic heterocycles. The summed E-state index contributed by atoms with van der Waals surface area (Å²) in [6.45, 7) is 0. The van der Waals surface area contributed by atoms with Gasteiger partial charge in [-0.1, -0.05) is 29.8 Å². The number of nitrogens with one attached hydrogen (secondary N) is 2. The van der Waals surface area contributed by atoms with Gasteiger partial charge >= 0.3 is 6.18 Å². The maximum atomic E-state index is 12.9. The number of hydrogen-bond donors (Lipinski definition) is 2. The third kappa shape index (κ3) is 5.59. The molecule has 172 valence electrons. The second-order valence-electron chi connectivity index (χ2n) is 6.56. The molecular weight excluding hydrogens is 487 g/mol. The number of nitro benzene ring substituents is 1. The number of anilines is 2. The fourth-order valence-electron chi connectivity index (χ4n) is 2.75. The Morgan fingerprint density at radius 3 is 2.36 bits per heavy atom. The molecule has 2 N–H and O–H groups in total. The first-order chi connectivity index (χ1) is 15.4. The van der Waals surface area contributed by atoms with Crippen LogP contribution in [0.3, 0.4) is 0 Å². The summed E-state index contributed by atoms with van der Waals surface area (Å²) in [5.41, 5.74) is -2.13. The quantitative estimate of drug-likeness (QED) is 0.351. The Bertz CT molecular complexity index is 1350. The molecule has 0 bridgehead atoms. The Balaban J connectivity index is 1.91. The highest BCUT2D eigenvalue weighted by Gasteiger charge is 2.31. The monoisotopic (exact) mass is 499 g/mol. The highest BCUT2D eigenvalue weighted by molar-refractivity contribution is 7.92. The maximum Gasteiger partial charge on any atom is 0.416 e. The molecule has 0 spiro atoms. The van der Waals surface area contributed by atoms with Crippen molar-refractivity contribution in [1.82, 2.24) is 0 Å². The zero-order valence-corrected chi connectivity index (χ0v) is 17.8. The van der Waals surface area contributed by atoms with Crippen LogP contribution in [-0.2, 0) is 16.2 Å². The van der Waals surface area contributed by atoms with E-state index in [0.29, 0.717) is 6.07 Å². The number of rotatable bonds is 6. The first-order valence-corrected chi connectivity index (χ1v) is 10.8. The maximum absolute atomic E-state index is 12.9. The van der Waals surface area contributed by atoms with Crippen molar-refractivity contribution in [2.75, 3.05) is 10.0 Å². The molecule has 13 heteroatoms. The van der Waals surface area contributed by atoms with Gasteiger partial charge in [0.05, 0.1) is 15.5 Å². The second-order valence-corrected chi connectivity index (χ2v) is 8.62. The summed E-state index contributed by atoms with van der Waals surface area (Å²) in [7, 11) is -4.49. The van der Waals surface area contributed by atoms with Gasteiger partial charge in [0.15, 0.2) is 0 Å². The molecule has 0 aliphatic heterocycles. The SMILES string of the molecule is O=C(Nc1ccccc1[N+](=O)[O-])c1ccc(Cl)c(S(=O)(=O)Nc2cccc(C(F)(F)F)c2)c1. The van der Waals surface area contributed by atoms with Gasteiger partial charge in [0.2, 0.25) is 0 Å². The molecule has 0 heterocycles. The van der Waals surface area contributed by atoms with Gasteiger partial charge in [0, 0.05) is 17.3 Å². The van der Waals surface area contributed by atoms with Crippen LogP contribution in [0.15, 0.2) is 71.6 Å². The smallest absolute Gasteiger partial charge is 0.316 e. The molecular formula is C20H13ClF3N3O5S.